The Hall–Kier alpha value is -2.30. The van der Waals surface area contributed by atoms with Crippen molar-refractivity contribution < 1.29 is 9.53 Å². The van der Waals surface area contributed by atoms with Gasteiger partial charge in [0.25, 0.3) is 5.91 Å². The maximum Gasteiger partial charge on any atom is 0.252 e. The second-order valence-electron chi connectivity index (χ2n) is 6.13. The molecule has 2 aromatic rings. The first-order valence-electron chi connectivity index (χ1n) is 8.15. The number of hydrogen-bond acceptors (Lipinski definition) is 4. The number of pyridine rings is 1. The average Bonchev–Trinajstić information content (AvgIpc) is 2.59. The minimum atomic E-state index is -0.480. The molecular weight excluding hydrogens is 290 g/mol. The van der Waals surface area contributed by atoms with E-state index in [4.69, 9.17) is 10.5 Å². The summed E-state index contributed by atoms with van der Waals surface area (Å²) in [5.74, 6) is 1.71. The predicted octanol–water partition coefficient (Wildman–Crippen LogP) is 2.97. The number of fused-ring (bicyclic) bond motifs is 1. The van der Waals surface area contributed by atoms with Crippen LogP contribution in [0.4, 0.5) is 5.82 Å². The molecule has 2 N–H and O–H groups in total. The molecule has 1 aliphatic rings. The van der Waals surface area contributed by atoms with E-state index in [0.717, 1.165) is 29.7 Å². The third-order valence-corrected chi connectivity index (χ3v) is 4.72. The Labute approximate surface area is 136 Å². The zero-order valence-corrected chi connectivity index (χ0v) is 13.7. The topological polar surface area (TPSA) is 68.5 Å². The number of benzene rings is 1. The fraction of sp³-hybridized carbons (Fsp3) is 0.444. The number of primary amides is 1. The van der Waals surface area contributed by atoms with E-state index in [-0.39, 0.29) is 0 Å². The highest BCUT2D eigenvalue weighted by atomic mass is 16.5. The number of nitrogens with two attached hydrogens (primary N) is 1. The molecule has 1 aromatic carbocycles. The van der Waals surface area contributed by atoms with Gasteiger partial charge in [-0.1, -0.05) is 13.3 Å². The molecule has 0 radical (unpaired) electrons. The molecule has 2 heterocycles. The summed E-state index contributed by atoms with van der Waals surface area (Å²) in [6.45, 7) is 4.29. The van der Waals surface area contributed by atoms with Crippen LogP contribution in [-0.4, -0.2) is 31.1 Å². The molecule has 5 nitrogen and oxygen atoms in total. The number of anilines is 1. The Bertz CT molecular complexity index is 730. The van der Waals surface area contributed by atoms with Gasteiger partial charge in [-0.3, -0.25) is 4.79 Å². The molecular formula is C18H23N3O2. The molecule has 1 unspecified atom stereocenters. The molecule has 1 amide bonds. The molecule has 23 heavy (non-hydrogen) atoms. The summed E-state index contributed by atoms with van der Waals surface area (Å²) in [5, 5.41) is 1.97. The molecule has 1 saturated heterocycles. The second-order valence-corrected chi connectivity index (χ2v) is 6.13. The van der Waals surface area contributed by atoms with E-state index in [2.05, 4.69) is 16.8 Å². The van der Waals surface area contributed by atoms with Gasteiger partial charge in [0.2, 0.25) is 0 Å². The van der Waals surface area contributed by atoms with Gasteiger partial charge in [0, 0.05) is 24.7 Å². The molecule has 1 aromatic heterocycles. The van der Waals surface area contributed by atoms with Gasteiger partial charge in [-0.25, -0.2) is 4.98 Å². The van der Waals surface area contributed by atoms with E-state index in [9.17, 15) is 4.79 Å². The van der Waals surface area contributed by atoms with Crippen LogP contribution in [0.2, 0.25) is 0 Å². The molecule has 0 aliphatic carbocycles. The minimum absolute atomic E-state index is 0.405. The van der Waals surface area contributed by atoms with Crippen LogP contribution in [0.25, 0.3) is 10.8 Å². The van der Waals surface area contributed by atoms with E-state index >= 15 is 0 Å². The highest BCUT2D eigenvalue weighted by molar-refractivity contribution is 6.03. The third kappa shape index (κ3) is 2.96. The van der Waals surface area contributed by atoms with Crippen molar-refractivity contribution in [1.82, 2.24) is 4.98 Å². The van der Waals surface area contributed by atoms with E-state index in [1.807, 2.05) is 12.1 Å². The largest absolute Gasteiger partial charge is 0.496 e. The van der Waals surface area contributed by atoms with Crippen LogP contribution in [0.15, 0.2) is 24.4 Å². The number of nitrogens with zero attached hydrogens (tertiary/aromatic N) is 2. The van der Waals surface area contributed by atoms with Crippen LogP contribution in [-0.2, 0) is 0 Å². The maximum atomic E-state index is 11.6. The van der Waals surface area contributed by atoms with Crippen molar-refractivity contribution in [3.63, 3.8) is 0 Å². The molecule has 0 saturated carbocycles. The fourth-order valence-corrected chi connectivity index (χ4v) is 3.39. The van der Waals surface area contributed by atoms with Gasteiger partial charge in [0.15, 0.2) is 0 Å². The van der Waals surface area contributed by atoms with Crippen molar-refractivity contribution in [3.05, 3.63) is 30.0 Å². The number of aromatic nitrogens is 1. The Morgan fingerprint density at radius 2 is 2.30 bits per heavy atom. The minimum Gasteiger partial charge on any atom is -0.496 e. The lowest BCUT2D eigenvalue weighted by Gasteiger charge is -2.33. The normalized spacial score (nSPS) is 18.2. The zero-order chi connectivity index (χ0) is 16.4. The number of methoxy groups -OCH3 is 1. The van der Waals surface area contributed by atoms with Crippen LogP contribution in [0.1, 0.15) is 36.5 Å². The van der Waals surface area contributed by atoms with Crippen LogP contribution in [0.3, 0.4) is 0 Å². The van der Waals surface area contributed by atoms with Gasteiger partial charge in [0.1, 0.15) is 11.6 Å². The third-order valence-electron chi connectivity index (χ3n) is 4.72. The molecule has 0 bridgehead atoms. The lowest BCUT2D eigenvalue weighted by Crippen LogP contribution is -2.35. The summed E-state index contributed by atoms with van der Waals surface area (Å²) >= 11 is 0. The summed E-state index contributed by atoms with van der Waals surface area (Å²) in [4.78, 5) is 18.6. The Kier molecular flexibility index (Phi) is 4.37. The van der Waals surface area contributed by atoms with Crippen LogP contribution in [0.5, 0.6) is 5.75 Å². The molecule has 5 heteroatoms. The summed E-state index contributed by atoms with van der Waals surface area (Å²) in [7, 11) is 1.55. The lowest BCUT2D eigenvalue weighted by molar-refractivity contribution is 0.0997. The summed E-state index contributed by atoms with van der Waals surface area (Å²) in [5.41, 5.74) is 5.86. The molecule has 3 rings (SSSR count). The summed E-state index contributed by atoms with van der Waals surface area (Å²) in [6.07, 6.45) is 5.46. The van der Waals surface area contributed by atoms with Crippen LogP contribution < -0.4 is 15.4 Å². The SMILES string of the molecule is CCC1CCCN(c2nccc3cc(C(N)=O)c(OC)cc23)C1. The first kappa shape index (κ1) is 15.6. The standard InChI is InChI=1S/C18H23N3O2/c1-3-12-5-4-8-21(11-12)18-14-10-16(23-2)15(17(19)22)9-13(14)6-7-20-18/h6-7,9-10,12H,3-5,8,11H2,1-2H3,(H2,19,22). The second kappa shape index (κ2) is 6.44. The average molecular weight is 313 g/mol. The summed E-state index contributed by atoms with van der Waals surface area (Å²) < 4.78 is 5.35. The van der Waals surface area contributed by atoms with Gasteiger partial charge < -0.3 is 15.4 Å². The molecule has 1 aliphatic heterocycles. The fourth-order valence-electron chi connectivity index (χ4n) is 3.39. The van der Waals surface area contributed by atoms with Crippen molar-refractivity contribution in [1.29, 1.82) is 0 Å². The van der Waals surface area contributed by atoms with Gasteiger partial charge >= 0.3 is 0 Å². The highest BCUT2D eigenvalue weighted by Gasteiger charge is 2.22. The van der Waals surface area contributed by atoms with Crippen molar-refractivity contribution in [2.24, 2.45) is 11.7 Å². The van der Waals surface area contributed by atoms with Gasteiger partial charge in [0.05, 0.1) is 12.7 Å². The quantitative estimate of drug-likeness (QED) is 0.942. The van der Waals surface area contributed by atoms with Crippen molar-refractivity contribution in [2.75, 3.05) is 25.1 Å². The number of rotatable bonds is 4. The van der Waals surface area contributed by atoms with E-state index < -0.39 is 5.91 Å². The molecule has 0 spiro atoms. The molecule has 1 atom stereocenters. The number of carbonyl (C=O) groups is 1. The number of carbonyl (C=O) groups excluding carboxylic acids is 1. The zero-order valence-electron chi connectivity index (χ0n) is 13.7. The Morgan fingerprint density at radius 1 is 1.48 bits per heavy atom. The smallest absolute Gasteiger partial charge is 0.252 e. The van der Waals surface area contributed by atoms with E-state index in [1.165, 1.54) is 19.3 Å². The number of amides is 1. The first-order chi connectivity index (χ1) is 11.1. The van der Waals surface area contributed by atoms with Gasteiger partial charge in [-0.15, -0.1) is 0 Å². The molecule has 1 fully saturated rings. The predicted molar refractivity (Wildman–Crippen MR) is 92.0 cm³/mol. The number of hydrogen-bond donors (Lipinski definition) is 1. The lowest BCUT2D eigenvalue weighted by atomic mass is 9.95. The van der Waals surface area contributed by atoms with Gasteiger partial charge in [-0.05, 0) is 42.3 Å². The maximum absolute atomic E-state index is 11.6. The van der Waals surface area contributed by atoms with Crippen molar-refractivity contribution in [3.8, 4) is 5.75 Å². The Balaban J connectivity index is 2.09. The van der Waals surface area contributed by atoms with E-state index in [1.54, 1.807) is 19.4 Å². The molecule has 122 valence electrons. The highest BCUT2D eigenvalue weighted by Crippen LogP contribution is 2.33. The van der Waals surface area contributed by atoms with Crippen LogP contribution in [0, 0.1) is 5.92 Å². The van der Waals surface area contributed by atoms with Crippen LogP contribution >= 0.6 is 0 Å². The van der Waals surface area contributed by atoms with Crippen molar-refractivity contribution in [2.45, 2.75) is 26.2 Å². The monoisotopic (exact) mass is 313 g/mol. The first-order valence-corrected chi connectivity index (χ1v) is 8.15. The Morgan fingerprint density at radius 3 is 3.00 bits per heavy atom. The number of ether oxygens (including phenoxy) is 1. The van der Waals surface area contributed by atoms with Crippen molar-refractivity contribution >= 4 is 22.5 Å². The van der Waals surface area contributed by atoms with Gasteiger partial charge in [-0.2, -0.15) is 0 Å². The van der Waals surface area contributed by atoms with E-state index in [0.29, 0.717) is 17.2 Å². The summed E-state index contributed by atoms with van der Waals surface area (Å²) in [6, 6.07) is 5.59. The number of piperidine rings is 1.